The number of piperidine rings is 1. The molecule has 3 rings (SSSR count). The number of alkyl halides is 3. The maximum atomic E-state index is 13.1. The van der Waals surface area contributed by atoms with Crippen LogP contribution in [-0.4, -0.2) is 35.9 Å². The Bertz CT molecular complexity index is 815. The van der Waals surface area contributed by atoms with Gasteiger partial charge in [0, 0.05) is 30.3 Å². The highest BCUT2D eigenvalue weighted by Crippen LogP contribution is 2.33. The van der Waals surface area contributed by atoms with E-state index in [1.165, 1.54) is 18.2 Å². The molecular formula is C21H23F3N2O2. The number of carbonyl (C=O) groups is 1. The van der Waals surface area contributed by atoms with Gasteiger partial charge in [-0.05, 0) is 44.0 Å². The molecule has 0 saturated carbocycles. The summed E-state index contributed by atoms with van der Waals surface area (Å²) in [5.41, 5.74) is -0.0720. The minimum atomic E-state index is -4.52. The molecule has 0 spiro atoms. The molecule has 1 aliphatic heterocycles. The Kier molecular flexibility index (Phi) is 6.34. The van der Waals surface area contributed by atoms with Gasteiger partial charge in [-0.2, -0.15) is 13.2 Å². The van der Waals surface area contributed by atoms with E-state index in [0.29, 0.717) is 12.4 Å². The first-order valence-electron chi connectivity index (χ1n) is 9.28. The molecule has 0 unspecified atom stereocenters. The van der Waals surface area contributed by atoms with E-state index in [2.05, 4.69) is 9.88 Å². The van der Waals surface area contributed by atoms with Crippen LogP contribution in [-0.2, 0) is 12.7 Å². The summed E-state index contributed by atoms with van der Waals surface area (Å²) in [5, 5.41) is 0. The number of Topliss-reactive ketones (excluding diaryl/α,β-unsaturated/α-hetero) is 1. The SMILES string of the molecule is COc1ncccc1CN1CCC(CC(=O)c2ccccc2C(F)(F)F)CC1. The molecule has 0 N–H and O–H groups in total. The van der Waals surface area contributed by atoms with Crippen molar-refractivity contribution in [2.24, 2.45) is 5.92 Å². The minimum absolute atomic E-state index is 0.0980. The second-order valence-corrected chi connectivity index (χ2v) is 7.06. The summed E-state index contributed by atoms with van der Waals surface area (Å²) in [7, 11) is 1.59. The lowest BCUT2D eigenvalue weighted by atomic mass is 9.88. The van der Waals surface area contributed by atoms with Gasteiger partial charge in [0.05, 0.1) is 12.7 Å². The van der Waals surface area contributed by atoms with Crippen LogP contribution in [0.15, 0.2) is 42.6 Å². The maximum absolute atomic E-state index is 13.1. The summed E-state index contributed by atoms with van der Waals surface area (Å²) in [4.78, 5) is 18.9. The van der Waals surface area contributed by atoms with Crippen molar-refractivity contribution < 1.29 is 22.7 Å². The van der Waals surface area contributed by atoms with E-state index in [4.69, 9.17) is 4.74 Å². The van der Waals surface area contributed by atoms with Gasteiger partial charge in [0.15, 0.2) is 5.78 Å². The molecule has 1 aromatic carbocycles. The monoisotopic (exact) mass is 392 g/mol. The van der Waals surface area contributed by atoms with Crippen LogP contribution in [0.25, 0.3) is 0 Å². The number of carbonyl (C=O) groups excluding carboxylic acids is 1. The lowest BCUT2D eigenvalue weighted by Crippen LogP contribution is -2.34. The highest BCUT2D eigenvalue weighted by Gasteiger charge is 2.35. The van der Waals surface area contributed by atoms with Crippen molar-refractivity contribution >= 4 is 5.78 Å². The molecule has 7 heteroatoms. The summed E-state index contributed by atoms with van der Waals surface area (Å²) >= 11 is 0. The molecule has 150 valence electrons. The van der Waals surface area contributed by atoms with E-state index < -0.39 is 17.5 Å². The smallest absolute Gasteiger partial charge is 0.417 e. The number of rotatable bonds is 6. The van der Waals surface area contributed by atoms with E-state index in [0.717, 1.165) is 37.6 Å². The van der Waals surface area contributed by atoms with Crippen LogP contribution in [0, 0.1) is 5.92 Å². The number of nitrogens with zero attached hydrogens (tertiary/aromatic N) is 2. The van der Waals surface area contributed by atoms with Crippen LogP contribution in [0.2, 0.25) is 0 Å². The second kappa shape index (κ2) is 8.73. The molecule has 1 saturated heterocycles. The van der Waals surface area contributed by atoms with Crippen molar-refractivity contribution in [2.75, 3.05) is 20.2 Å². The summed E-state index contributed by atoms with van der Waals surface area (Å²) in [6.07, 6.45) is -1.13. The Morgan fingerprint density at radius 2 is 1.89 bits per heavy atom. The molecule has 2 heterocycles. The Balaban J connectivity index is 1.57. The van der Waals surface area contributed by atoms with E-state index in [-0.39, 0.29) is 17.9 Å². The quantitative estimate of drug-likeness (QED) is 0.674. The highest BCUT2D eigenvalue weighted by atomic mass is 19.4. The molecule has 0 amide bonds. The zero-order valence-corrected chi connectivity index (χ0v) is 15.7. The van der Waals surface area contributed by atoms with Crippen molar-refractivity contribution in [1.82, 2.24) is 9.88 Å². The van der Waals surface area contributed by atoms with Gasteiger partial charge in [0.2, 0.25) is 5.88 Å². The average Bonchev–Trinajstić information content (AvgIpc) is 2.69. The van der Waals surface area contributed by atoms with Gasteiger partial charge in [-0.3, -0.25) is 9.69 Å². The number of hydrogen-bond donors (Lipinski definition) is 0. The topological polar surface area (TPSA) is 42.4 Å². The zero-order valence-electron chi connectivity index (χ0n) is 15.7. The third-order valence-electron chi connectivity index (χ3n) is 5.15. The number of aromatic nitrogens is 1. The fourth-order valence-corrected chi connectivity index (χ4v) is 3.66. The van der Waals surface area contributed by atoms with Crippen LogP contribution in [0.4, 0.5) is 13.2 Å². The lowest BCUT2D eigenvalue weighted by Gasteiger charge is -2.32. The van der Waals surface area contributed by atoms with Crippen LogP contribution in [0.1, 0.15) is 40.7 Å². The van der Waals surface area contributed by atoms with Crippen LogP contribution >= 0.6 is 0 Å². The third-order valence-corrected chi connectivity index (χ3v) is 5.15. The Labute approximate surface area is 162 Å². The van der Waals surface area contributed by atoms with E-state index in [9.17, 15) is 18.0 Å². The molecule has 0 aliphatic carbocycles. The zero-order chi connectivity index (χ0) is 20.1. The Morgan fingerprint density at radius 1 is 1.18 bits per heavy atom. The number of hydrogen-bond acceptors (Lipinski definition) is 4. The van der Waals surface area contributed by atoms with Crippen molar-refractivity contribution in [3.05, 3.63) is 59.3 Å². The first-order chi connectivity index (χ1) is 13.4. The predicted molar refractivity (Wildman–Crippen MR) is 99.2 cm³/mol. The van der Waals surface area contributed by atoms with Crippen LogP contribution in [0.3, 0.4) is 0 Å². The van der Waals surface area contributed by atoms with E-state index in [1.54, 1.807) is 13.3 Å². The molecule has 0 atom stereocenters. The number of pyridine rings is 1. The highest BCUT2D eigenvalue weighted by molar-refractivity contribution is 5.97. The fourth-order valence-electron chi connectivity index (χ4n) is 3.66. The molecule has 28 heavy (non-hydrogen) atoms. The standard InChI is InChI=1S/C21H23F3N2O2/c1-28-20-16(5-4-10-25-20)14-26-11-8-15(9-12-26)13-19(27)17-6-2-3-7-18(17)21(22,23)24/h2-7,10,15H,8-9,11-14H2,1H3. The molecule has 4 nitrogen and oxygen atoms in total. The number of benzene rings is 1. The first-order valence-corrected chi connectivity index (χ1v) is 9.28. The molecule has 1 fully saturated rings. The van der Waals surface area contributed by atoms with Gasteiger partial charge in [-0.15, -0.1) is 0 Å². The maximum Gasteiger partial charge on any atom is 0.417 e. The number of ether oxygens (including phenoxy) is 1. The normalized spacial score (nSPS) is 16.1. The van der Waals surface area contributed by atoms with Crippen LogP contribution < -0.4 is 4.74 Å². The van der Waals surface area contributed by atoms with Gasteiger partial charge < -0.3 is 4.74 Å². The van der Waals surface area contributed by atoms with Crippen molar-refractivity contribution in [3.63, 3.8) is 0 Å². The Hall–Kier alpha value is -2.41. The van der Waals surface area contributed by atoms with Gasteiger partial charge in [-0.25, -0.2) is 4.98 Å². The van der Waals surface area contributed by atoms with Gasteiger partial charge in [-0.1, -0.05) is 24.3 Å². The van der Waals surface area contributed by atoms with Crippen molar-refractivity contribution in [1.29, 1.82) is 0 Å². The van der Waals surface area contributed by atoms with Crippen molar-refractivity contribution in [3.8, 4) is 5.88 Å². The molecule has 1 aliphatic rings. The predicted octanol–water partition coefficient (Wildman–Crippen LogP) is 4.59. The molecular weight excluding hydrogens is 369 g/mol. The number of methoxy groups -OCH3 is 1. The summed E-state index contributed by atoms with van der Waals surface area (Å²) in [5.74, 6) is 0.268. The first kappa shape index (κ1) is 20.3. The molecule has 2 aromatic rings. The van der Waals surface area contributed by atoms with Gasteiger partial charge >= 0.3 is 6.18 Å². The van der Waals surface area contributed by atoms with Gasteiger partial charge in [0.1, 0.15) is 0 Å². The van der Waals surface area contributed by atoms with Crippen LogP contribution in [0.5, 0.6) is 5.88 Å². The molecule has 1 aromatic heterocycles. The van der Waals surface area contributed by atoms with E-state index in [1.807, 2.05) is 12.1 Å². The second-order valence-electron chi connectivity index (χ2n) is 7.06. The van der Waals surface area contributed by atoms with Crippen molar-refractivity contribution in [2.45, 2.75) is 32.0 Å². The molecule has 0 radical (unpaired) electrons. The summed E-state index contributed by atoms with van der Waals surface area (Å²) in [6, 6.07) is 8.86. The lowest BCUT2D eigenvalue weighted by molar-refractivity contribution is -0.137. The summed E-state index contributed by atoms with van der Waals surface area (Å²) in [6.45, 7) is 2.28. The third kappa shape index (κ3) is 4.90. The number of ketones is 1. The fraction of sp³-hybridized carbons (Fsp3) is 0.429. The molecule has 0 bridgehead atoms. The summed E-state index contributed by atoms with van der Waals surface area (Å²) < 4.78 is 44.7. The van der Waals surface area contributed by atoms with E-state index >= 15 is 0 Å². The van der Waals surface area contributed by atoms with Gasteiger partial charge in [0.25, 0.3) is 0 Å². The minimum Gasteiger partial charge on any atom is -0.481 e. The Morgan fingerprint density at radius 3 is 2.57 bits per heavy atom. The largest absolute Gasteiger partial charge is 0.481 e. The number of halogens is 3. The number of likely N-dealkylation sites (tertiary alicyclic amines) is 1. The average molecular weight is 392 g/mol.